The fourth-order valence-corrected chi connectivity index (χ4v) is 2.95. The number of pyridine rings is 1. The van der Waals surface area contributed by atoms with Gasteiger partial charge in [-0.15, -0.1) is 0 Å². The Balaban J connectivity index is 1.94. The van der Waals surface area contributed by atoms with Gasteiger partial charge in [0.05, 0.1) is 5.52 Å². The number of hydrogen-bond acceptors (Lipinski definition) is 3. The van der Waals surface area contributed by atoms with Crippen molar-refractivity contribution >= 4 is 16.6 Å². The molecule has 0 spiro atoms. The van der Waals surface area contributed by atoms with Crippen LogP contribution in [0, 0.1) is 6.92 Å². The number of aryl methyl sites for hydroxylation is 1. The normalized spacial score (nSPS) is 23.8. The average Bonchev–Trinajstić information content (AvgIpc) is 2.37. The summed E-state index contributed by atoms with van der Waals surface area (Å²) in [5.41, 5.74) is 3.46. The molecule has 1 fully saturated rings. The van der Waals surface area contributed by atoms with Gasteiger partial charge in [0, 0.05) is 41.9 Å². The molecule has 0 bridgehead atoms. The number of nitrogens with zero attached hydrogens (tertiary/aromatic N) is 2. The Hall–Kier alpha value is -1.61. The number of aromatic nitrogens is 1. The van der Waals surface area contributed by atoms with Gasteiger partial charge in [0.15, 0.2) is 0 Å². The highest BCUT2D eigenvalue weighted by atomic mass is 15.2. The van der Waals surface area contributed by atoms with Gasteiger partial charge in [0.25, 0.3) is 0 Å². The van der Waals surface area contributed by atoms with E-state index >= 15 is 0 Å². The van der Waals surface area contributed by atoms with Crippen molar-refractivity contribution < 1.29 is 0 Å². The third kappa shape index (κ3) is 2.56. The summed E-state index contributed by atoms with van der Waals surface area (Å²) in [7, 11) is 0. The lowest BCUT2D eigenvalue weighted by Gasteiger charge is -2.37. The molecule has 2 heterocycles. The molecular weight excluding hydrogens is 234 g/mol. The maximum atomic E-state index is 4.56. The summed E-state index contributed by atoms with van der Waals surface area (Å²) in [6.45, 7) is 8.65. The van der Waals surface area contributed by atoms with E-state index in [9.17, 15) is 0 Å². The molecule has 0 radical (unpaired) electrons. The van der Waals surface area contributed by atoms with Crippen LogP contribution in [0.15, 0.2) is 30.3 Å². The second-order valence-corrected chi connectivity index (χ2v) is 5.70. The summed E-state index contributed by atoms with van der Waals surface area (Å²) in [5.74, 6) is 0. The van der Waals surface area contributed by atoms with Crippen molar-refractivity contribution in [1.82, 2.24) is 10.3 Å². The number of fused-ring (bicyclic) bond motifs is 1. The van der Waals surface area contributed by atoms with E-state index in [0.29, 0.717) is 12.1 Å². The number of nitrogens with one attached hydrogen (secondary N) is 1. The lowest BCUT2D eigenvalue weighted by atomic mass is 10.1. The van der Waals surface area contributed by atoms with Crippen molar-refractivity contribution in [3.05, 3.63) is 36.0 Å². The summed E-state index contributed by atoms with van der Waals surface area (Å²) in [4.78, 5) is 7.02. The Bertz CT molecular complexity index is 584. The van der Waals surface area contributed by atoms with Gasteiger partial charge >= 0.3 is 0 Å². The molecule has 0 aliphatic carbocycles. The van der Waals surface area contributed by atoms with Gasteiger partial charge < -0.3 is 10.2 Å². The van der Waals surface area contributed by atoms with Crippen LogP contribution in [0.5, 0.6) is 0 Å². The Morgan fingerprint density at radius 3 is 2.58 bits per heavy atom. The summed E-state index contributed by atoms with van der Waals surface area (Å²) >= 11 is 0. The van der Waals surface area contributed by atoms with Gasteiger partial charge in [-0.2, -0.15) is 0 Å². The van der Waals surface area contributed by atoms with E-state index in [0.717, 1.165) is 24.3 Å². The predicted molar refractivity (Wildman–Crippen MR) is 80.8 cm³/mol. The summed E-state index contributed by atoms with van der Waals surface area (Å²) in [5, 5.41) is 4.79. The first-order valence-electron chi connectivity index (χ1n) is 7.00. The topological polar surface area (TPSA) is 28.2 Å². The molecule has 1 saturated heterocycles. The zero-order valence-corrected chi connectivity index (χ0v) is 11.9. The van der Waals surface area contributed by atoms with Crippen LogP contribution in [-0.2, 0) is 0 Å². The van der Waals surface area contributed by atoms with Gasteiger partial charge in [-0.1, -0.05) is 6.07 Å². The predicted octanol–water partition coefficient (Wildman–Crippen LogP) is 2.73. The summed E-state index contributed by atoms with van der Waals surface area (Å²) in [6, 6.07) is 11.9. The van der Waals surface area contributed by atoms with E-state index in [2.05, 4.69) is 59.4 Å². The first-order chi connectivity index (χ1) is 9.11. The lowest BCUT2D eigenvalue weighted by Crippen LogP contribution is -2.54. The first kappa shape index (κ1) is 12.4. The molecule has 1 aliphatic rings. The van der Waals surface area contributed by atoms with Gasteiger partial charge in [-0.25, -0.2) is 0 Å². The van der Waals surface area contributed by atoms with Crippen LogP contribution in [-0.4, -0.2) is 30.2 Å². The molecule has 2 atom stereocenters. The summed E-state index contributed by atoms with van der Waals surface area (Å²) < 4.78 is 0. The van der Waals surface area contributed by atoms with Crippen LogP contribution in [0.4, 0.5) is 5.69 Å². The third-order valence-corrected chi connectivity index (χ3v) is 3.73. The van der Waals surface area contributed by atoms with Crippen LogP contribution in [0.25, 0.3) is 10.9 Å². The quantitative estimate of drug-likeness (QED) is 0.849. The van der Waals surface area contributed by atoms with Gasteiger partial charge in [-0.05, 0) is 45.0 Å². The van der Waals surface area contributed by atoms with Gasteiger partial charge in [0.1, 0.15) is 0 Å². The Morgan fingerprint density at radius 1 is 1.11 bits per heavy atom. The number of rotatable bonds is 1. The fraction of sp³-hybridized carbons (Fsp3) is 0.438. The van der Waals surface area contributed by atoms with Crippen molar-refractivity contribution in [1.29, 1.82) is 0 Å². The molecule has 100 valence electrons. The van der Waals surface area contributed by atoms with Crippen LogP contribution >= 0.6 is 0 Å². The second-order valence-electron chi connectivity index (χ2n) is 5.70. The second kappa shape index (κ2) is 4.82. The molecule has 3 nitrogen and oxygen atoms in total. The van der Waals surface area contributed by atoms with Crippen molar-refractivity contribution in [3.63, 3.8) is 0 Å². The van der Waals surface area contributed by atoms with Crippen LogP contribution in [0.3, 0.4) is 0 Å². The molecule has 1 N–H and O–H groups in total. The standard InChI is InChI=1S/C16H21N3/c1-11-4-5-14-8-15(6-7-16(14)18-11)19-9-12(2)17-13(3)10-19/h4-8,12-13,17H,9-10H2,1-3H3. The lowest BCUT2D eigenvalue weighted by molar-refractivity contribution is 0.407. The number of benzene rings is 1. The number of hydrogen-bond donors (Lipinski definition) is 1. The number of piperazine rings is 1. The molecule has 2 unspecified atom stereocenters. The first-order valence-corrected chi connectivity index (χ1v) is 7.00. The largest absolute Gasteiger partial charge is 0.368 e. The molecular formula is C16H21N3. The molecule has 1 aliphatic heterocycles. The summed E-state index contributed by atoms with van der Waals surface area (Å²) in [6.07, 6.45) is 0. The van der Waals surface area contributed by atoms with Gasteiger partial charge in [0.2, 0.25) is 0 Å². The van der Waals surface area contributed by atoms with Crippen molar-refractivity contribution in [3.8, 4) is 0 Å². The Labute approximate surface area is 114 Å². The smallest absolute Gasteiger partial charge is 0.0706 e. The van der Waals surface area contributed by atoms with Gasteiger partial charge in [-0.3, -0.25) is 4.98 Å². The van der Waals surface area contributed by atoms with Crippen LogP contribution < -0.4 is 10.2 Å². The average molecular weight is 255 g/mol. The Morgan fingerprint density at radius 2 is 1.84 bits per heavy atom. The van der Waals surface area contributed by atoms with Crippen molar-refractivity contribution in [2.75, 3.05) is 18.0 Å². The minimum absolute atomic E-state index is 0.538. The fourth-order valence-electron chi connectivity index (χ4n) is 2.95. The molecule has 19 heavy (non-hydrogen) atoms. The van der Waals surface area contributed by atoms with E-state index in [1.807, 2.05) is 6.92 Å². The maximum Gasteiger partial charge on any atom is 0.0706 e. The maximum absolute atomic E-state index is 4.56. The zero-order valence-electron chi connectivity index (χ0n) is 11.9. The van der Waals surface area contributed by atoms with Crippen molar-refractivity contribution in [2.45, 2.75) is 32.9 Å². The van der Waals surface area contributed by atoms with E-state index < -0.39 is 0 Å². The third-order valence-electron chi connectivity index (χ3n) is 3.73. The van der Waals surface area contributed by atoms with Crippen molar-refractivity contribution in [2.24, 2.45) is 0 Å². The molecule has 1 aromatic carbocycles. The van der Waals surface area contributed by atoms with E-state index in [4.69, 9.17) is 0 Å². The van der Waals surface area contributed by atoms with Crippen LogP contribution in [0.2, 0.25) is 0 Å². The minimum Gasteiger partial charge on any atom is -0.368 e. The van der Waals surface area contributed by atoms with Crippen LogP contribution in [0.1, 0.15) is 19.5 Å². The number of anilines is 1. The van der Waals surface area contributed by atoms with E-state index in [-0.39, 0.29) is 0 Å². The molecule has 3 heteroatoms. The highest BCUT2D eigenvalue weighted by Gasteiger charge is 2.21. The highest BCUT2D eigenvalue weighted by molar-refractivity contribution is 5.82. The monoisotopic (exact) mass is 255 g/mol. The zero-order chi connectivity index (χ0) is 13.4. The SMILES string of the molecule is Cc1ccc2cc(N3CC(C)NC(C)C3)ccc2n1. The molecule has 0 saturated carbocycles. The molecule has 3 rings (SSSR count). The molecule has 1 aromatic heterocycles. The van der Waals surface area contributed by atoms with E-state index in [1.54, 1.807) is 0 Å². The Kier molecular flexibility index (Phi) is 3.15. The molecule has 0 amide bonds. The molecule has 2 aromatic rings. The van der Waals surface area contributed by atoms with E-state index in [1.165, 1.54) is 11.1 Å². The highest BCUT2D eigenvalue weighted by Crippen LogP contribution is 2.23. The minimum atomic E-state index is 0.538.